The SMILES string of the molecule is CCOC(=O)c1c(NC(=O)c2cccc(F)c2)sc(C(=O)NC)c1C. The van der Waals surface area contributed by atoms with Crippen molar-refractivity contribution in [2.45, 2.75) is 13.8 Å². The van der Waals surface area contributed by atoms with Gasteiger partial charge in [0.25, 0.3) is 11.8 Å². The standard InChI is InChI=1S/C17H17FN2O4S/c1-4-24-17(23)12-9(2)13(15(22)19-3)25-16(12)20-14(21)10-6-5-7-11(18)8-10/h5-8H,4H2,1-3H3,(H,19,22)(H,20,21). The topological polar surface area (TPSA) is 84.5 Å². The van der Waals surface area contributed by atoms with E-state index in [1.165, 1.54) is 25.2 Å². The number of carbonyl (C=O) groups excluding carboxylic acids is 3. The lowest BCUT2D eigenvalue weighted by atomic mass is 10.1. The van der Waals surface area contributed by atoms with Crippen LogP contribution in [0.5, 0.6) is 0 Å². The Bertz CT molecular complexity index is 832. The second-order valence-corrected chi connectivity index (χ2v) is 6.04. The predicted molar refractivity (Wildman–Crippen MR) is 92.8 cm³/mol. The third kappa shape index (κ3) is 4.03. The van der Waals surface area contributed by atoms with Crippen LogP contribution in [0.4, 0.5) is 9.39 Å². The van der Waals surface area contributed by atoms with E-state index in [0.717, 1.165) is 17.4 Å². The van der Waals surface area contributed by atoms with E-state index in [4.69, 9.17) is 4.74 Å². The molecule has 0 aliphatic heterocycles. The lowest BCUT2D eigenvalue weighted by molar-refractivity contribution is 0.0527. The van der Waals surface area contributed by atoms with Crippen LogP contribution in [-0.2, 0) is 4.74 Å². The number of nitrogens with one attached hydrogen (secondary N) is 2. The average Bonchev–Trinajstić information content (AvgIpc) is 2.90. The van der Waals surface area contributed by atoms with Crippen molar-refractivity contribution in [3.63, 3.8) is 0 Å². The first-order valence-corrected chi connectivity index (χ1v) is 8.30. The zero-order chi connectivity index (χ0) is 18.6. The molecular formula is C17H17FN2O4S. The second-order valence-electron chi connectivity index (χ2n) is 5.02. The predicted octanol–water partition coefficient (Wildman–Crippen LogP) is 2.98. The number of carbonyl (C=O) groups is 3. The normalized spacial score (nSPS) is 10.2. The van der Waals surface area contributed by atoms with Crippen molar-refractivity contribution in [2.24, 2.45) is 0 Å². The minimum atomic E-state index is -0.638. The molecule has 0 radical (unpaired) electrons. The first-order valence-electron chi connectivity index (χ1n) is 7.48. The van der Waals surface area contributed by atoms with E-state index in [-0.39, 0.29) is 28.6 Å². The number of amides is 2. The molecule has 2 amide bonds. The van der Waals surface area contributed by atoms with Crippen molar-refractivity contribution >= 4 is 34.1 Å². The Morgan fingerprint density at radius 2 is 1.96 bits per heavy atom. The van der Waals surface area contributed by atoms with Crippen LogP contribution in [-0.4, -0.2) is 31.4 Å². The smallest absolute Gasteiger partial charge is 0.341 e. The van der Waals surface area contributed by atoms with Crippen LogP contribution in [0, 0.1) is 12.7 Å². The summed E-state index contributed by atoms with van der Waals surface area (Å²) < 4.78 is 18.3. The Hall–Kier alpha value is -2.74. The summed E-state index contributed by atoms with van der Waals surface area (Å²) in [6.45, 7) is 3.41. The molecule has 6 nitrogen and oxygen atoms in total. The Kier molecular flexibility index (Phi) is 5.87. The van der Waals surface area contributed by atoms with Crippen molar-refractivity contribution in [3.8, 4) is 0 Å². The van der Waals surface area contributed by atoms with Gasteiger partial charge in [-0.25, -0.2) is 9.18 Å². The summed E-state index contributed by atoms with van der Waals surface area (Å²) in [4.78, 5) is 36.8. The molecule has 0 atom stereocenters. The van der Waals surface area contributed by atoms with Crippen molar-refractivity contribution in [3.05, 3.63) is 51.7 Å². The van der Waals surface area contributed by atoms with Crippen LogP contribution < -0.4 is 10.6 Å². The van der Waals surface area contributed by atoms with Crippen LogP contribution in [0.2, 0.25) is 0 Å². The molecule has 1 aromatic carbocycles. The van der Waals surface area contributed by atoms with Crippen LogP contribution in [0.15, 0.2) is 24.3 Å². The van der Waals surface area contributed by atoms with Gasteiger partial charge in [0.05, 0.1) is 17.0 Å². The zero-order valence-electron chi connectivity index (χ0n) is 13.9. The minimum Gasteiger partial charge on any atom is -0.462 e. The first-order chi connectivity index (χ1) is 11.9. The van der Waals surface area contributed by atoms with Gasteiger partial charge in [-0.1, -0.05) is 6.07 Å². The maximum absolute atomic E-state index is 13.3. The van der Waals surface area contributed by atoms with Gasteiger partial charge >= 0.3 is 5.97 Å². The summed E-state index contributed by atoms with van der Waals surface area (Å²) in [6, 6.07) is 5.16. The zero-order valence-corrected chi connectivity index (χ0v) is 14.8. The number of ether oxygens (including phenoxy) is 1. The summed E-state index contributed by atoms with van der Waals surface area (Å²) in [5.74, 6) is -2.15. The van der Waals surface area contributed by atoms with E-state index in [1.54, 1.807) is 13.8 Å². The molecule has 1 aromatic heterocycles. The summed E-state index contributed by atoms with van der Waals surface area (Å²) in [7, 11) is 1.47. The highest BCUT2D eigenvalue weighted by atomic mass is 32.1. The maximum atomic E-state index is 13.3. The number of hydrogen-bond acceptors (Lipinski definition) is 5. The van der Waals surface area contributed by atoms with Crippen LogP contribution in [0.1, 0.15) is 42.9 Å². The molecule has 1 heterocycles. The molecule has 0 unspecified atom stereocenters. The number of benzene rings is 1. The molecule has 2 rings (SSSR count). The number of halogens is 1. The summed E-state index contributed by atoms with van der Waals surface area (Å²) in [6.07, 6.45) is 0. The molecule has 0 saturated carbocycles. The van der Waals surface area contributed by atoms with Crippen molar-refractivity contribution < 1.29 is 23.5 Å². The van der Waals surface area contributed by atoms with E-state index in [9.17, 15) is 18.8 Å². The molecule has 2 N–H and O–H groups in total. The fourth-order valence-corrected chi connectivity index (χ4v) is 3.32. The number of rotatable bonds is 5. The molecule has 0 saturated heterocycles. The van der Waals surface area contributed by atoms with Gasteiger partial charge in [0.2, 0.25) is 0 Å². The van der Waals surface area contributed by atoms with Gasteiger partial charge in [-0.05, 0) is 37.6 Å². The molecule has 0 spiro atoms. The third-order valence-electron chi connectivity index (χ3n) is 3.37. The largest absolute Gasteiger partial charge is 0.462 e. The van der Waals surface area contributed by atoms with Gasteiger partial charge in [0.15, 0.2) is 0 Å². The van der Waals surface area contributed by atoms with Gasteiger partial charge in [0, 0.05) is 12.6 Å². The number of hydrogen-bond donors (Lipinski definition) is 2. The van der Waals surface area contributed by atoms with E-state index in [0.29, 0.717) is 10.4 Å². The summed E-state index contributed by atoms with van der Waals surface area (Å²) in [5.41, 5.74) is 0.634. The molecule has 25 heavy (non-hydrogen) atoms. The molecule has 132 valence electrons. The van der Waals surface area contributed by atoms with E-state index in [2.05, 4.69) is 10.6 Å². The minimum absolute atomic E-state index is 0.0994. The highest BCUT2D eigenvalue weighted by molar-refractivity contribution is 7.18. The van der Waals surface area contributed by atoms with Gasteiger partial charge < -0.3 is 15.4 Å². The number of thiophene rings is 1. The Balaban J connectivity index is 2.43. The third-order valence-corrected chi connectivity index (χ3v) is 4.58. The Labute approximate surface area is 148 Å². The van der Waals surface area contributed by atoms with Crippen LogP contribution >= 0.6 is 11.3 Å². The average molecular weight is 364 g/mol. The fraction of sp³-hybridized carbons (Fsp3) is 0.235. The summed E-state index contributed by atoms with van der Waals surface area (Å²) in [5, 5.41) is 5.23. The van der Waals surface area contributed by atoms with Crippen molar-refractivity contribution in [1.82, 2.24) is 5.32 Å². The van der Waals surface area contributed by atoms with Gasteiger partial charge in [-0.3, -0.25) is 9.59 Å². The quantitative estimate of drug-likeness (QED) is 0.799. The van der Waals surface area contributed by atoms with E-state index >= 15 is 0 Å². The van der Waals surface area contributed by atoms with E-state index in [1.807, 2.05) is 0 Å². The maximum Gasteiger partial charge on any atom is 0.341 e. The lowest BCUT2D eigenvalue weighted by Crippen LogP contribution is -2.18. The number of esters is 1. The molecule has 0 bridgehead atoms. The van der Waals surface area contributed by atoms with Gasteiger partial charge in [-0.15, -0.1) is 11.3 Å². The molecule has 0 fully saturated rings. The molecule has 2 aromatic rings. The van der Waals surface area contributed by atoms with Crippen LogP contribution in [0.3, 0.4) is 0 Å². The highest BCUT2D eigenvalue weighted by Crippen LogP contribution is 2.34. The molecule has 8 heteroatoms. The highest BCUT2D eigenvalue weighted by Gasteiger charge is 2.26. The Morgan fingerprint density at radius 1 is 1.24 bits per heavy atom. The molecule has 0 aliphatic carbocycles. The monoisotopic (exact) mass is 364 g/mol. The van der Waals surface area contributed by atoms with Crippen LogP contribution in [0.25, 0.3) is 0 Å². The Morgan fingerprint density at radius 3 is 2.56 bits per heavy atom. The van der Waals surface area contributed by atoms with Gasteiger partial charge in [-0.2, -0.15) is 0 Å². The second kappa shape index (κ2) is 7.89. The van der Waals surface area contributed by atoms with Crippen molar-refractivity contribution in [2.75, 3.05) is 19.0 Å². The number of anilines is 1. The lowest BCUT2D eigenvalue weighted by Gasteiger charge is -2.07. The van der Waals surface area contributed by atoms with Gasteiger partial charge in [0.1, 0.15) is 10.8 Å². The fourth-order valence-electron chi connectivity index (χ4n) is 2.19. The molecule has 0 aliphatic rings. The van der Waals surface area contributed by atoms with E-state index < -0.39 is 17.7 Å². The van der Waals surface area contributed by atoms with Crippen molar-refractivity contribution in [1.29, 1.82) is 0 Å². The molecular weight excluding hydrogens is 347 g/mol. The summed E-state index contributed by atoms with van der Waals surface area (Å²) >= 11 is 0.962. The first kappa shape index (κ1) is 18.6.